The molecular weight excluding hydrogens is 184 g/mol. The standard InChI is InChI=1S/C14H19O/c1-2-12-8-10-14(11-9-12)15-13-6-4-3-5-7-13/h2,8-11,13H,3-7H2,1H3. The molecule has 1 radical (unpaired) electrons. The molecular formula is C14H19O. The van der Waals surface area contributed by atoms with Crippen molar-refractivity contribution in [3.05, 3.63) is 36.2 Å². The van der Waals surface area contributed by atoms with Crippen molar-refractivity contribution >= 4 is 0 Å². The van der Waals surface area contributed by atoms with Crippen molar-refractivity contribution in [1.82, 2.24) is 0 Å². The minimum Gasteiger partial charge on any atom is -0.490 e. The van der Waals surface area contributed by atoms with Crippen LogP contribution in [0.15, 0.2) is 24.3 Å². The van der Waals surface area contributed by atoms with Gasteiger partial charge in [0.05, 0.1) is 6.10 Å². The Morgan fingerprint density at radius 3 is 2.33 bits per heavy atom. The third-order valence-corrected chi connectivity index (χ3v) is 3.07. The maximum Gasteiger partial charge on any atom is 0.119 e. The first kappa shape index (κ1) is 10.5. The third-order valence-electron chi connectivity index (χ3n) is 3.07. The first-order valence-corrected chi connectivity index (χ1v) is 5.94. The molecule has 1 aliphatic rings. The van der Waals surface area contributed by atoms with Gasteiger partial charge in [-0.25, -0.2) is 0 Å². The summed E-state index contributed by atoms with van der Waals surface area (Å²) in [5.41, 5.74) is 1.26. The zero-order chi connectivity index (χ0) is 10.5. The zero-order valence-electron chi connectivity index (χ0n) is 9.41. The van der Waals surface area contributed by atoms with Gasteiger partial charge in [-0.3, -0.25) is 0 Å². The van der Waals surface area contributed by atoms with Gasteiger partial charge in [-0.2, -0.15) is 0 Å². The van der Waals surface area contributed by atoms with Crippen LogP contribution in [0.3, 0.4) is 0 Å². The molecule has 1 heteroatoms. The molecule has 0 bridgehead atoms. The fourth-order valence-corrected chi connectivity index (χ4v) is 2.11. The molecule has 0 amide bonds. The normalized spacial score (nSPS) is 17.7. The van der Waals surface area contributed by atoms with Crippen molar-refractivity contribution in [2.24, 2.45) is 0 Å². The fourth-order valence-electron chi connectivity index (χ4n) is 2.11. The van der Waals surface area contributed by atoms with E-state index in [4.69, 9.17) is 4.74 Å². The van der Waals surface area contributed by atoms with E-state index in [1.807, 2.05) is 0 Å². The van der Waals surface area contributed by atoms with Gasteiger partial charge in [0.15, 0.2) is 0 Å². The third kappa shape index (κ3) is 2.98. The van der Waals surface area contributed by atoms with Crippen LogP contribution < -0.4 is 4.74 Å². The van der Waals surface area contributed by atoms with E-state index in [9.17, 15) is 0 Å². The first-order valence-electron chi connectivity index (χ1n) is 5.94. The van der Waals surface area contributed by atoms with Gasteiger partial charge in [0.25, 0.3) is 0 Å². The minimum absolute atomic E-state index is 0.454. The summed E-state index contributed by atoms with van der Waals surface area (Å²) in [6.45, 7) is 2.05. The van der Waals surface area contributed by atoms with Gasteiger partial charge in [0.2, 0.25) is 0 Å². The maximum absolute atomic E-state index is 5.94. The Morgan fingerprint density at radius 2 is 1.73 bits per heavy atom. The average molecular weight is 203 g/mol. The number of ether oxygens (including phenoxy) is 1. The van der Waals surface area contributed by atoms with Crippen molar-refractivity contribution in [3.8, 4) is 5.75 Å². The lowest BCUT2D eigenvalue weighted by molar-refractivity contribution is 0.155. The highest BCUT2D eigenvalue weighted by atomic mass is 16.5. The van der Waals surface area contributed by atoms with E-state index < -0.39 is 0 Å². The van der Waals surface area contributed by atoms with Gasteiger partial charge < -0.3 is 4.74 Å². The highest BCUT2D eigenvalue weighted by Gasteiger charge is 2.14. The predicted molar refractivity (Wildman–Crippen MR) is 63.0 cm³/mol. The van der Waals surface area contributed by atoms with Crippen molar-refractivity contribution in [2.75, 3.05) is 0 Å². The molecule has 15 heavy (non-hydrogen) atoms. The second-order valence-corrected chi connectivity index (χ2v) is 4.24. The molecule has 1 fully saturated rings. The average Bonchev–Trinajstić information content (AvgIpc) is 2.31. The SMILES string of the molecule is C[CH]c1ccc(OC2CCCCC2)cc1. The highest BCUT2D eigenvalue weighted by Crippen LogP contribution is 2.23. The lowest BCUT2D eigenvalue weighted by Gasteiger charge is -2.23. The topological polar surface area (TPSA) is 9.23 Å². The van der Waals surface area contributed by atoms with E-state index in [-0.39, 0.29) is 0 Å². The summed E-state index contributed by atoms with van der Waals surface area (Å²) in [6.07, 6.45) is 9.03. The van der Waals surface area contributed by atoms with Crippen molar-refractivity contribution < 1.29 is 4.74 Å². The maximum atomic E-state index is 5.94. The number of hydrogen-bond acceptors (Lipinski definition) is 1. The Balaban J connectivity index is 1.91. The summed E-state index contributed by atoms with van der Waals surface area (Å²) in [6, 6.07) is 8.37. The van der Waals surface area contributed by atoms with Crippen molar-refractivity contribution in [3.63, 3.8) is 0 Å². The van der Waals surface area contributed by atoms with E-state index in [1.165, 1.54) is 37.7 Å². The molecule has 2 rings (SSSR count). The second kappa shape index (κ2) is 5.20. The smallest absolute Gasteiger partial charge is 0.119 e. The Morgan fingerprint density at radius 1 is 1.07 bits per heavy atom. The van der Waals surface area contributed by atoms with Gasteiger partial charge in [-0.05, 0) is 49.8 Å². The minimum atomic E-state index is 0.454. The molecule has 1 nitrogen and oxygen atoms in total. The van der Waals surface area contributed by atoms with Gasteiger partial charge in [0, 0.05) is 0 Å². The Hall–Kier alpha value is -0.980. The second-order valence-electron chi connectivity index (χ2n) is 4.24. The number of rotatable bonds is 3. The lowest BCUT2D eigenvalue weighted by atomic mass is 9.98. The molecule has 1 saturated carbocycles. The molecule has 81 valence electrons. The zero-order valence-corrected chi connectivity index (χ0v) is 9.41. The van der Waals surface area contributed by atoms with Crippen LogP contribution in [0.2, 0.25) is 0 Å². The molecule has 0 N–H and O–H groups in total. The molecule has 0 saturated heterocycles. The van der Waals surface area contributed by atoms with Gasteiger partial charge >= 0.3 is 0 Å². The van der Waals surface area contributed by atoms with Gasteiger partial charge in [-0.15, -0.1) is 0 Å². The molecule has 1 aliphatic carbocycles. The molecule has 0 unspecified atom stereocenters. The van der Waals surface area contributed by atoms with E-state index in [0.717, 1.165) is 5.75 Å². The molecule has 0 aromatic heterocycles. The number of benzene rings is 1. The molecule has 1 aromatic rings. The fraction of sp³-hybridized carbons (Fsp3) is 0.500. The molecule has 0 aliphatic heterocycles. The molecule has 0 heterocycles. The summed E-state index contributed by atoms with van der Waals surface area (Å²) in [4.78, 5) is 0. The quantitative estimate of drug-likeness (QED) is 0.722. The predicted octanol–water partition coefficient (Wildman–Crippen LogP) is 3.97. The monoisotopic (exact) mass is 203 g/mol. The van der Waals surface area contributed by atoms with Crippen LogP contribution in [0, 0.1) is 6.42 Å². The van der Waals surface area contributed by atoms with Crippen LogP contribution in [0.25, 0.3) is 0 Å². The van der Waals surface area contributed by atoms with Crippen molar-refractivity contribution in [1.29, 1.82) is 0 Å². The van der Waals surface area contributed by atoms with Crippen LogP contribution in [-0.2, 0) is 0 Å². The van der Waals surface area contributed by atoms with E-state index >= 15 is 0 Å². The van der Waals surface area contributed by atoms with E-state index in [2.05, 4.69) is 37.6 Å². The first-order chi connectivity index (χ1) is 7.38. The summed E-state index contributed by atoms with van der Waals surface area (Å²) < 4.78 is 5.94. The van der Waals surface area contributed by atoms with Gasteiger partial charge in [0.1, 0.15) is 5.75 Å². The van der Waals surface area contributed by atoms with Gasteiger partial charge in [-0.1, -0.05) is 25.5 Å². The summed E-state index contributed by atoms with van der Waals surface area (Å²) in [5, 5.41) is 0. The largest absolute Gasteiger partial charge is 0.490 e. The summed E-state index contributed by atoms with van der Waals surface area (Å²) >= 11 is 0. The van der Waals surface area contributed by atoms with Crippen LogP contribution >= 0.6 is 0 Å². The highest BCUT2D eigenvalue weighted by molar-refractivity contribution is 5.30. The molecule has 0 atom stereocenters. The van der Waals surface area contributed by atoms with Crippen LogP contribution in [0.4, 0.5) is 0 Å². The van der Waals surface area contributed by atoms with E-state index in [1.54, 1.807) is 0 Å². The number of hydrogen-bond donors (Lipinski definition) is 0. The lowest BCUT2D eigenvalue weighted by Crippen LogP contribution is -2.19. The molecule has 0 spiro atoms. The van der Waals surface area contributed by atoms with E-state index in [0.29, 0.717) is 6.10 Å². The summed E-state index contributed by atoms with van der Waals surface area (Å²) in [5.74, 6) is 1.02. The van der Waals surface area contributed by atoms with Crippen LogP contribution in [0.1, 0.15) is 44.6 Å². The Labute approximate surface area is 92.5 Å². The molecule has 1 aromatic carbocycles. The van der Waals surface area contributed by atoms with Crippen LogP contribution in [-0.4, -0.2) is 6.10 Å². The Bertz CT molecular complexity index is 283. The van der Waals surface area contributed by atoms with Crippen LogP contribution in [0.5, 0.6) is 5.75 Å². The Kier molecular flexibility index (Phi) is 3.65. The van der Waals surface area contributed by atoms with Crippen molar-refractivity contribution in [2.45, 2.75) is 45.1 Å². The summed E-state index contributed by atoms with van der Waals surface area (Å²) in [7, 11) is 0.